The van der Waals surface area contributed by atoms with Crippen molar-refractivity contribution in [3.05, 3.63) is 54.4 Å². The molecule has 2 heterocycles. The summed E-state index contributed by atoms with van der Waals surface area (Å²) in [7, 11) is 0. The third-order valence-electron chi connectivity index (χ3n) is 2.81. The van der Waals surface area contributed by atoms with Crippen LogP contribution in [0.3, 0.4) is 0 Å². The molecule has 0 atom stereocenters. The Hall–Kier alpha value is -2.62. The topological polar surface area (TPSA) is 54.6 Å². The maximum atomic E-state index is 11.1. The van der Waals surface area contributed by atoms with E-state index >= 15 is 0 Å². The molecule has 88 valence electrons. The fourth-order valence-electron chi connectivity index (χ4n) is 2.01. The van der Waals surface area contributed by atoms with Crippen molar-refractivity contribution in [1.82, 2.24) is 9.38 Å². The lowest BCUT2D eigenvalue weighted by molar-refractivity contribution is 0.111. The molecular formula is C14H10N2O2. The van der Waals surface area contributed by atoms with Gasteiger partial charge in [-0.15, -0.1) is 0 Å². The van der Waals surface area contributed by atoms with E-state index in [9.17, 15) is 9.90 Å². The highest BCUT2D eigenvalue weighted by atomic mass is 16.3. The van der Waals surface area contributed by atoms with Crippen LogP contribution in [-0.2, 0) is 0 Å². The second-order valence-corrected chi connectivity index (χ2v) is 3.96. The number of phenolic OH excluding ortho intramolecular Hbond substituents is 1. The number of carbonyl (C=O) groups is 1. The van der Waals surface area contributed by atoms with Crippen molar-refractivity contribution in [2.75, 3.05) is 0 Å². The molecule has 0 aliphatic rings. The minimum absolute atomic E-state index is 0.174. The Kier molecular flexibility index (Phi) is 2.34. The van der Waals surface area contributed by atoms with Crippen LogP contribution in [0.2, 0.25) is 0 Å². The van der Waals surface area contributed by atoms with Crippen LogP contribution in [0, 0.1) is 0 Å². The number of aromatic hydroxyl groups is 1. The van der Waals surface area contributed by atoms with Crippen LogP contribution in [0.25, 0.3) is 16.9 Å². The van der Waals surface area contributed by atoms with Crippen LogP contribution in [0.4, 0.5) is 0 Å². The van der Waals surface area contributed by atoms with Gasteiger partial charge < -0.3 is 5.11 Å². The fraction of sp³-hybridized carbons (Fsp3) is 0. The number of benzene rings is 1. The molecule has 4 heteroatoms. The zero-order valence-corrected chi connectivity index (χ0v) is 9.45. The number of hydrogen-bond donors (Lipinski definition) is 1. The van der Waals surface area contributed by atoms with Gasteiger partial charge in [-0.05, 0) is 24.3 Å². The van der Waals surface area contributed by atoms with Crippen molar-refractivity contribution >= 4 is 11.8 Å². The van der Waals surface area contributed by atoms with E-state index < -0.39 is 0 Å². The number of aldehydes is 1. The van der Waals surface area contributed by atoms with Crippen molar-refractivity contribution in [1.29, 1.82) is 0 Å². The lowest BCUT2D eigenvalue weighted by atomic mass is 10.2. The van der Waals surface area contributed by atoms with Crippen LogP contribution < -0.4 is 0 Å². The van der Waals surface area contributed by atoms with Crippen LogP contribution in [-0.4, -0.2) is 20.8 Å². The molecule has 1 aromatic carbocycles. The molecule has 0 fully saturated rings. The molecule has 0 saturated carbocycles. The Morgan fingerprint density at radius 1 is 1.17 bits per heavy atom. The van der Waals surface area contributed by atoms with Gasteiger partial charge in [-0.1, -0.05) is 18.2 Å². The predicted octanol–water partition coefficient (Wildman–Crippen LogP) is 2.52. The largest absolute Gasteiger partial charge is 0.508 e. The highest BCUT2D eigenvalue weighted by Crippen LogP contribution is 2.24. The average Bonchev–Trinajstić information content (AvgIpc) is 2.82. The number of hydrogen-bond acceptors (Lipinski definition) is 3. The molecule has 4 nitrogen and oxygen atoms in total. The summed E-state index contributed by atoms with van der Waals surface area (Å²) >= 11 is 0. The van der Waals surface area contributed by atoms with Gasteiger partial charge >= 0.3 is 0 Å². The van der Waals surface area contributed by atoms with E-state index in [1.165, 1.54) is 0 Å². The summed E-state index contributed by atoms with van der Waals surface area (Å²) in [6.45, 7) is 0. The summed E-state index contributed by atoms with van der Waals surface area (Å²) in [6.07, 6.45) is 2.49. The maximum Gasteiger partial charge on any atom is 0.166 e. The van der Waals surface area contributed by atoms with E-state index in [0.29, 0.717) is 11.5 Å². The standard InChI is InChI=1S/C14H10N2O2/c17-9-12-5-2-4-11-8-15-14(16(11)12)10-3-1-6-13(18)7-10/h1-9,18H. The summed E-state index contributed by atoms with van der Waals surface area (Å²) in [4.78, 5) is 15.4. The first-order valence-electron chi connectivity index (χ1n) is 5.50. The molecule has 3 rings (SSSR count). The average molecular weight is 238 g/mol. The molecule has 0 aliphatic heterocycles. The Labute approximate surface area is 103 Å². The smallest absolute Gasteiger partial charge is 0.166 e. The molecule has 1 N–H and O–H groups in total. The quantitative estimate of drug-likeness (QED) is 0.698. The summed E-state index contributed by atoms with van der Waals surface area (Å²) in [6, 6.07) is 12.2. The molecule has 18 heavy (non-hydrogen) atoms. The number of pyridine rings is 1. The molecule has 2 aromatic heterocycles. The molecule has 0 saturated heterocycles. The van der Waals surface area contributed by atoms with Gasteiger partial charge in [-0.25, -0.2) is 4.98 Å². The monoisotopic (exact) mass is 238 g/mol. The molecule has 0 radical (unpaired) electrons. The van der Waals surface area contributed by atoms with E-state index in [2.05, 4.69) is 4.98 Å². The first kappa shape index (κ1) is 10.5. The van der Waals surface area contributed by atoms with Gasteiger partial charge in [-0.3, -0.25) is 9.20 Å². The molecule has 0 aliphatic carbocycles. The Bertz CT molecular complexity index is 731. The predicted molar refractivity (Wildman–Crippen MR) is 67.7 cm³/mol. The molecule has 0 unspecified atom stereocenters. The van der Waals surface area contributed by atoms with Gasteiger partial charge in [0.1, 0.15) is 11.6 Å². The summed E-state index contributed by atoms with van der Waals surface area (Å²) in [5.41, 5.74) is 2.14. The van der Waals surface area contributed by atoms with Gasteiger partial charge in [0.25, 0.3) is 0 Å². The zero-order valence-electron chi connectivity index (χ0n) is 9.45. The number of phenols is 1. The number of fused-ring (bicyclic) bond motifs is 1. The summed E-state index contributed by atoms with van der Waals surface area (Å²) in [5.74, 6) is 0.816. The maximum absolute atomic E-state index is 11.1. The van der Waals surface area contributed by atoms with Crippen molar-refractivity contribution in [3.63, 3.8) is 0 Å². The van der Waals surface area contributed by atoms with Crippen LogP contribution >= 0.6 is 0 Å². The molecule has 3 aromatic rings. The van der Waals surface area contributed by atoms with Gasteiger partial charge in [0.05, 0.1) is 17.4 Å². The van der Waals surface area contributed by atoms with Gasteiger partial charge in [0.2, 0.25) is 0 Å². The number of imidazole rings is 1. The van der Waals surface area contributed by atoms with Gasteiger partial charge in [-0.2, -0.15) is 0 Å². The highest BCUT2D eigenvalue weighted by Gasteiger charge is 2.09. The van der Waals surface area contributed by atoms with E-state index in [-0.39, 0.29) is 5.75 Å². The lowest BCUT2D eigenvalue weighted by Crippen LogP contribution is -1.97. The van der Waals surface area contributed by atoms with Crippen LogP contribution in [0.5, 0.6) is 5.75 Å². The number of rotatable bonds is 2. The van der Waals surface area contributed by atoms with Crippen molar-refractivity contribution in [2.24, 2.45) is 0 Å². The number of nitrogens with zero attached hydrogens (tertiary/aromatic N) is 2. The third-order valence-corrected chi connectivity index (χ3v) is 2.81. The fourth-order valence-corrected chi connectivity index (χ4v) is 2.01. The minimum atomic E-state index is 0.174. The van der Waals surface area contributed by atoms with Gasteiger partial charge in [0.15, 0.2) is 6.29 Å². The molecule has 0 spiro atoms. The van der Waals surface area contributed by atoms with Crippen LogP contribution in [0.1, 0.15) is 10.5 Å². The zero-order chi connectivity index (χ0) is 12.5. The van der Waals surface area contributed by atoms with Gasteiger partial charge in [0, 0.05) is 5.56 Å². The summed E-state index contributed by atoms with van der Waals surface area (Å²) in [5, 5.41) is 9.50. The second-order valence-electron chi connectivity index (χ2n) is 3.96. The summed E-state index contributed by atoms with van der Waals surface area (Å²) < 4.78 is 1.77. The van der Waals surface area contributed by atoms with E-state index in [1.807, 2.05) is 18.2 Å². The van der Waals surface area contributed by atoms with Crippen LogP contribution in [0.15, 0.2) is 48.7 Å². The van der Waals surface area contributed by atoms with Crippen molar-refractivity contribution in [2.45, 2.75) is 0 Å². The Morgan fingerprint density at radius 3 is 2.78 bits per heavy atom. The highest BCUT2D eigenvalue weighted by molar-refractivity contribution is 5.77. The van der Waals surface area contributed by atoms with Crippen molar-refractivity contribution in [3.8, 4) is 17.1 Å². The number of carbonyl (C=O) groups excluding carboxylic acids is 1. The lowest BCUT2D eigenvalue weighted by Gasteiger charge is -2.04. The van der Waals surface area contributed by atoms with E-state index in [4.69, 9.17) is 0 Å². The molecule has 0 amide bonds. The second kappa shape index (κ2) is 4.00. The first-order chi connectivity index (χ1) is 8.79. The minimum Gasteiger partial charge on any atom is -0.508 e. The Balaban J connectivity index is 2.33. The Morgan fingerprint density at radius 2 is 2.00 bits per heavy atom. The SMILES string of the molecule is O=Cc1cccc2cnc(-c3cccc(O)c3)n12. The van der Waals surface area contributed by atoms with E-state index in [0.717, 1.165) is 17.4 Å². The normalized spacial score (nSPS) is 10.7. The molecular weight excluding hydrogens is 228 g/mol. The first-order valence-corrected chi connectivity index (χ1v) is 5.50. The van der Waals surface area contributed by atoms with Crippen molar-refractivity contribution < 1.29 is 9.90 Å². The number of aromatic nitrogens is 2. The molecule has 0 bridgehead atoms. The van der Waals surface area contributed by atoms with E-state index in [1.54, 1.807) is 34.9 Å². The third kappa shape index (κ3) is 1.55.